The van der Waals surface area contributed by atoms with Crippen LogP contribution in [0.3, 0.4) is 0 Å². The molecule has 48 heavy (non-hydrogen) atoms. The minimum absolute atomic E-state index is 0.0238. The summed E-state index contributed by atoms with van der Waals surface area (Å²) in [4.78, 5) is 26.1. The number of benzene rings is 1. The number of nitrogens with one attached hydrogen (secondary N) is 1. The number of aliphatic hydroxyl groups excluding tert-OH is 1. The lowest BCUT2D eigenvalue weighted by Crippen LogP contribution is -2.67. The molecule has 1 aromatic carbocycles. The number of aromatic amines is 1. The van der Waals surface area contributed by atoms with E-state index in [0.717, 1.165) is 75.0 Å². The molecule has 2 heterocycles. The number of amides is 1. The summed E-state index contributed by atoms with van der Waals surface area (Å²) in [7, 11) is 0. The zero-order valence-electron chi connectivity index (χ0n) is 30.7. The first-order valence-electron chi connectivity index (χ1n) is 19.5. The quantitative estimate of drug-likeness (QED) is 0.324. The molecule has 1 amide bonds. The number of aliphatic hydroxyl groups is 1. The highest BCUT2D eigenvalue weighted by Gasteiger charge is 2.72. The van der Waals surface area contributed by atoms with Crippen molar-refractivity contribution in [2.75, 3.05) is 6.54 Å². The van der Waals surface area contributed by atoms with Gasteiger partial charge in [0.05, 0.1) is 29.5 Å². The molecule has 1 saturated heterocycles. The molecule has 6 fully saturated rings. The van der Waals surface area contributed by atoms with E-state index in [1.165, 1.54) is 31.3 Å². The number of allylic oxidation sites excluding steroid dienone is 1. The highest BCUT2D eigenvalue weighted by atomic mass is 16.3. The predicted molar refractivity (Wildman–Crippen MR) is 193 cm³/mol. The van der Waals surface area contributed by atoms with Crippen molar-refractivity contribution in [2.45, 2.75) is 131 Å². The fourth-order valence-electron chi connectivity index (χ4n) is 14.4. The monoisotopic (exact) mass is 651 g/mol. The first-order chi connectivity index (χ1) is 22.8. The maximum Gasteiger partial charge on any atom is 0.229 e. The Bertz CT molecular complexity index is 1580. The maximum absolute atomic E-state index is 15.3. The minimum Gasteiger partial charge on any atom is -0.393 e. The zero-order chi connectivity index (χ0) is 33.9. The highest BCUT2D eigenvalue weighted by molar-refractivity contribution is 5.84. The number of nitrogens with zero attached hydrogens (tertiary/aromatic N) is 2. The van der Waals surface area contributed by atoms with Crippen LogP contribution in [-0.4, -0.2) is 38.5 Å². The van der Waals surface area contributed by atoms with Gasteiger partial charge in [-0.05, 0) is 141 Å². The van der Waals surface area contributed by atoms with Crippen molar-refractivity contribution in [1.82, 2.24) is 14.9 Å². The Balaban J connectivity index is 1.12. The van der Waals surface area contributed by atoms with Gasteiger partial charge in [0.25, 0.3) is 0 Å². The normalized spacial score (nSPS) is 44.7. The molecule has 5 saturated carbocycles. The molecule has 2 aromatic rings. The van der Waals surface area contributed by atoms with Gasteiger partial charge in [-0.1, -0.05) is 77.1 Å². The summed E-state index contributed by atoms with van der Waals surface area (Å²) in [6.07, 6.45) is 15.1. The van der Waals surface area contributed by atoms with Gasteiger partial charge in [0.15, 0.2) is 0 Å². The molecule has 5 aliphatic carbocycles. The zero-order valence-corrected chi connectivity index (χ0v) is 30.7. The molecule has 8 rings (SSSR count). The number of carbonyl (C=O) groups excluding carboxylic acids is 1. The number of H-pyrrole nitrogens is 1. The molecule has 5 nitrogen and oxygen atoms in total. The lowest BCUT2D eigenvalue weighted by atomic mass is 9.32. The molecule has 0 spiro atoms. The number of likely N-dealkylation sites (tertiary alicyclic amines) is 1. The predicted octanol–water partition coefficient (Wildman–Crippen LogP) is 9.76. The second-order valence-corrected chi connectivity index (χ2v) is 18.9. The van der Waals surface area contributed by atoms with E-state index in [2.05, 4.69) is 82.3 Å². The van der Waals surface area contributed by atoms with Gasteiger partial charge in [-0.15, -0.1) is 0 Å². The van der Waals surface area contributed by atoms with Gasteiger partial charge in [-0.25, -0.2) is 4.98 Å². The molecule has 11 atom stereocenters. The lowest BCUT2D eigenvalue weighted by Gasteiger charge is -2.73. The number of rotatable bonds is 4. The SMILES string of the molecule is C=C(C)[C@@H]1CC[C@]2(C(=O)N3CCCC3c3ncc(-c4ccccc4)[nH]3)CC[C@]3(C)[C@H](CC[C@@H]4[C@@]5(C)CC[C@H](O)C(C)(C)[C@@H]5CC[C@]43C)[C@@H]12. The Morgan fingerprint density at radius 1 is 0.896 bits per heavy atom. The van der Waals surface area contributed by atoms with Crippen molar-refractivity contribution in [3.05, 3.63) is 54.5 Å². The number of hydrogen-bond donors (Lipinski definition) is 2. The van der Waals surface area contributed by atoms with Gasteiger partial charge in [0, 0.05) is 6.54 Å². The van der Waals surface area contributed by atoms with E-state index in [-0.39, 0.29) is 39.2 Å². The van der Waals surface area contributed by atoms with Gasteiger partial charge in [-0.3, -0.25) is 4.79 Å². The number of fused-ring (bicyclic) bond motifs is 7. The van der Waals surface area contributed by atoms with E-state index in [0.29, 0.717) is 35.5 Å². The molecular formula is C43H61N3O2. The van der Waals surface area contributed by atoms with Crippen LogP contribution in [0.2, 0.25) is 0 Å². The van der Waals surface area contributed by atoms with Gasteiger partial charge in [-0.2, -0.15) is 0 Å². The van der Waals surface area contributed by atoms with E-state index in [1.54, 1.807) is 0 Å². The minimum atomic E-state index is -0.299. The molecule has 5 heteroatoms. The van der Waals surface area contributed by atoms with E-state index >= 15 is 4.79 Å². The van der Waals surface area contributed by atoms with Gasteiger partial charge >= 0.3 is 0 Å². The van der Waals surface area contributed by atoms with E-state index < -0.39 is 0 Å². The van der Waals surface area contributed by atoms with Crippen molar-refractivity contribution in [3.63, 3.8) is 0 Å². The third-order valence-corrected chi connectivity index (χ3v) is 17.0. The summed E-state index contributed by atoms with van der Waals surface area (Å²) >= 11 is 0. The molecule has 260 valence electrons. The Hall–Kier alpha value is -2.40. The first kappa shape index (κ1) is 32.8. The summed E-state index contributed by atoms with van der Waals surface area (Å²) < 4.78 is 0. The van der Waals surface area contributed by atoms with Crippen LogP contribution >= 0.6 is 0 Å². The third-order valence-electron chi connectivity index (χ3n) is 17.0. The maximum atomic E-state index is 15.3. The van der Waals surface area contributed by atoms with E-state index in [4.69, 9.17) is 4.98 Å². The standard InChI is InChI=1S/C43H61N3O2/c1-27(2)29-17-22-43(38(48)46-25-11-14-32(46)37-44-26-31(45-37)28-12-9-8-10-13-28)24-23-41(6)30(36(29)43)15-16-34-40(5)20-19-35(47)39(3,4)33(40)18-21-42(34,41)7/h8-10,12-13,26,29-30,32-36,47H,1,11,14-25H2,2-7H3,(H,44,45)/t29-,30+,32?,33-,34+,35-,36+,40-,41+,42+,43-/m0/s1. The van der Waals surface area contributed by atoms with Crippen LogP contribution in [-0.2, 0) is 4.79 Å². The van der Waals surface area contributed by atoms with Gasteiger partial charge in [0.2, 0.25) is 5.91 Å². The van der Waals surface area contributed by atoms with E-state index in [9.17, 15) is 5.11 Å². The molecule has 1 unspecified atom stereocenters. The Labute approximate surface area is 289 Å². The number of imidazole rings is 1. The van der Waals surface area contributed by atoms with Gasteiger partial charge < -0.3 is 15.0 Å². The number of aromatic nitrogens is 2. The van der Waals surface area contributed by atoms with Crippen molar-refractivity contribution in [2.24, 2.45) is 56.7 Å². The van der Waals surface area contributed by atoms with Crippen LogP contribution in [0.15, 0.2) is 48.7 Å². The van der Waals surface area contributed by atoms with Crippen LogP contribution < -0.4 is 0 Å². The third kappa shape index (κ3) is 4.30. The molecule has 1 aliphatic heterocycles. The van der Waals surface area contributed by atoms with Crippen molar-refractivity contribution >= 4 is 5.91 Å². The molecule has 0 radical (unpaired) electrons. The van der Waals surface area contributed by atoms with Crippen LogP contribution in [0.1, 0.15) is 130 Å². The topological polar surface area (TPSA) is 69.2 Å². The van der Waals surface area contributed by atoms with Crippen molar-refractivity contribution in [1.29, 1.82) is 0 Å². The van der Waals surface area contributed by atoms with Crippen molar-refractivity contribution < 1.29 is 9.90 Å². The fourth-order valence-corrected chi connectivity index (χ4v) is 14.4. The van der Waals surface area contributed by atoms with Crippen molar-refractivity contribution in [3.8, 4) is 11.3 Å². The molecular weight excluding hydrogens is 590 g/mol. The Kier molecular flexibility index (Phi) is 7.55. The summed E-state index contributed by atoms with van der Waals surface area (Å²) in [5.74, 6) is 3.94. The smallest absolute Gasteiger partial charge is 0.229 e. The van der Waals surface area contributed by atoms with Crippen LogP contribution in [0.25, 0.3) is 11.3 Å². The highest BCUT2D eigenvalue weighted by Crippen LogP contribution is 2.77. The van der Waals surface area contributed by atoms with Crippen LogP contribution in [0.4, 0.5) is 0 Å². The second kappa shape index (κ2) is 11.0. The molecule has 0 bridgehead atoms. The number of hydrogen-bond acceptors (Lipinski definition) is 3. The molecule has 2 N–H and O–H groups in total. The molecule has 6 aliphatic rings. The molecule has 1 aromatic heterocycles. The fraction of sp³-hybridized carbons (Fsp3) is 0.721. The Morgan fingerprint density at radius 2 is 1.67 bits per heavy atom. The largest absolute Gasteiger partial charge is 0.393 e. The first-order valence-corrected chi connectivity index (χ1v) is 19.5. The second-order valence-electron chi connectivity index (χ2n) is 18.9. The lowest BCUT2D eigenvalue weighted by molar-refractivity contribution is -0.247. The Morgan fingerprint density at radius 3 is 2.42 bits per heavy atom. The summed E-state index contributed by atoms with van der Waals surface area (Å²) in [6, 6.07) is 10.4. The summed E-state index contributed by atoms with van der Waals surface area (Å²) in [5.41, 5.74) is 3.84. The van der Waals surface area contributed by atoms with E-state index in [1.807, 2.05) is 12.3 Å². The average molecular weight is 652 g/mol. The number of carbonyl (C=O) groups is 1. The summed E-state index contributed by atoms with van der Waals surface area (Å²) in [6.45, 7) is 20.3. The van der Waals surface area contributed by atoms with Crippen LogP contribution in [0, 0.1) is 56.7 Å². The van der Waals surface area contributed by atoms with Gasteiger partial charge in [0.1, 0.15) is 5.82 Å². The van der Waals surface area contributed by atoms with Crippen LogP contribution in [0.5, 0.6) is 0 Å². The summed E-state index contributed by atoms with van der Waals surface area (Å²) in [5, 5.41) is 11.1. The average Bonchev–Trinajstić information content (AvgIpc) is 3.82.